The first kappa shape index (κ1) is 14.7. The van der Waals surface area contributed by atoms with Gasteiger partial charge in [0, 0.05) is 6.04 Å². The zero-order valence-corrected chi connectivity index (χ0v) is 11.1. The highest BCUT2D eigenvalue weighted by atomic mass is 32.2. The molecule has 1 atom stereocenters. The lowest BCUT2D eigenvalue weighted by atomic mass is 10.1. The van der Waals surface area contributed by atoms with Crippen LogP contribution in [0.3, 0.4) is 0 Å². The van der Waals surface area contributed by atoms with Crippen LogP contribution in [0.2, 0.25) is 0 Å². The molecule has 0 spiro atoms. The molecule has 0 aromatic heterocycles. The Morgan fingerprint density at radius 2 is 2.11 bits per heavy atom. The molecule has 0 amide bonds. The largest absolute Gasteiger partial charge is 0.299 e. The lowest BCUT2D eigenvalue weighted by Gasteiger charge is -2.10. The first-order valence-corrected chi connectivity index (χ1v) is 7.43. The van der Waals surface area contributed by atoms with E-state index < -0.39 is 10.1 Å². The lowest BCUT2D eigenvalue weighted by Crippen LogP contribution is -2.19. The SMILES string of the molecule is CS(=O)(=O)O.[13CH]#[13C][13CH2]N[C@@H]1CCc2ccccc21. The van der Waals surface area contributed by atoms with Gasteiger partial charge < -0.3 is 0 Å². The summed E-state index contributed by atoms with van der Waals surface area (Å²) >= 11 is 0. The highest BCUT2D eigenvalue weighted by Gasteiger charge is 2.20. The fourth-order valence-corrected chi connectivity index (χ4v) is 1.95. The third-order valence-electron chi connectivity index (χ3n) is 2.58. The molecule has 1 aliphatic carbocycles. The summed E-state index contributed by atoms with van der Waals surface area (Å²) in [6, 6.07) is 9.06. The molecule has 4 nitrogen and oxygen atoms in total. The average molecular weight is 270 g/mol. The van der Waals surface area contributed by atoms with Crippen molar-refractivity contribution in [2.24, 2.45) is 0 Å². The van der Waals surface area contributed by atoms with Crippen LogP contribution in [0.4, 0.5) is 0 Å². The summed E-state index contributed by atoms with van der Waals surface area (Å²) in [6.45, 7) is 0.666. The molecule has 98 valence electrons. The third-order valence-corrected chi connectivity index (χ3v) is 2.58. The lowest BCUT2D eigenvalue weighted by molar-refractivity contribution is 0.490. The van der Waals surface area contributed by atoms with Gasteiger partial charge >= 0.3 is 0 Å². The number of aryl methyl sites for hydroxylation is 1. The Kier molecular flexibility index (Phi) is 5.35. The zero-order chi connectivity index (χ0) is 13.6. The predicted molar refractivity (Wildman–Crippen MR) is 71.8 cm³/mol. The van der Waals surface area contributed by atoms with E-state index in [2.05, 4.69) is 35.5 Å². The topological polar surface area (TPSA) is 66.4 Å². The van der Waals surface area contributed by atoms with Gasteiger partial charge in [0.2, 0.25) is 0 Å². The van der Waals surface area contributed by atoms with Crippen LogP contribution < -0.4 is 5.32 Å². The van der Waals surface area contributed by atoms with E-state index >= 15 is 0 Å². The summed E-state index contributed by atoms with van der Waals surface area (Å²) < 4.78 is 25.9. The predicted octanol–water partition coefficient (Wildman–Crippen LogP) is 1.40. The summed E-state index contributed by atoms with van der Waals surface area (Å²) in [5, 5.41) is 3.35. The molecule has 0 saturated heterocycles. The van der Waals surface area contributed by atoms with Gasteiger partial charge in [-0.15, -0.1) is 6.42 Å². The van der Waals surface area contributed by atoms with Crippen LogP contribution in [0.25, 0.3) is 0 Å². The molecule has 0 saturated carbocycles. The average Bonchev–Trinajstić information content (AvgIpc) is 2.67. The number of hydrogen-bond acceptors (Lipinski definition) is 3. The molecule has 2 rings (SSSR count). The Morgan fingerprint density at radius 1 is 1.50 bits per heavy atom. The minimum Gasteiger partial charge on any atom is -0.299 e. The van der Waals surface area contributed by atoms with Crippen molar-refractivity contribution in [1.82, 2.24) is 5.32 Å². The Labute approximate surface area is 108 Å². The third kappa shape index (κ3) is 5.32. The summed E-state index contributed by atoms with van der Waals surface area (Å²) in [4.78, 5) is 0. The van der Waals surface area contributed by atoms with E-state index in [0.29, 0.717) is 18.8 Å². The molecule has 5 heteroatoms. The normalized spacial score (nSPS) is 17.3. The maximum absolute atomic E-state index is 9.19. The molecule has 0 radical (unpaired) electrons. The molecule has 0 bridgehead atoms. The Bertz CT molecular complexity index is 523. The maximum atomic E-state index is 9.19. The maximum Gasteiger partial charge on any atom is 0.261 e. The molecule has 0 unspecified atom stereocenters. The monoisotopic (exact) mass is 270 g/mol. The van der Waals surface area contributed by atoms with Crippen molar-refractivity contribution in [3.05, 3.63) is 35.4 Å². The fourth-order valence-electron chi connectivity index (χ4n) is 1.95. The van der Waals surface area contributed by atoms with Crippen LogP contribution in [0, 0.1) is 12.3 Å². The van der Waals surface area contributed by atoms with Gasteiger partial charge in [0.1, 0.15) is 0 Å². The zero-order valence-electron chi connectivity index (χ0n) is 10.3. The molecular weight excluding hydrogens is 253 g/mol. The van der Waals surface area contributed by atoms with E-state index in [1.165, 1.54) is 24.0 Å². The quantitative estimate of drug-likeness (QED) is 0.484. The number of nitrogens with one attached hydrogen (secondary N) is 1. The van der Waals surface area contributed by atoms with Gasteiger partial charge in [0.05, 0.1) is 12.8 Å². The van der Waals surface area contributed by atoms with Crippen LogP contribution >= 0.6 is 0 Å². The first-order chi connectivity index (χ1) is 8.42. The van der Waals surface area contributed by atoms with Crippen molar-refractivity contribution in [3.8, 4) is 12.3 Å². The van der Waals surface area contributed by atoms with Crippen LogP contribution in [-0.4, -0.2) is 25.8 Å². The van der Waals surface area contributed by atoms with Gasteiger partial charge in [-0.3, -0.25) is 9.87 Å². The van der Waals surface area contributed by atoms with Crippen LogP contribution in [0.1, 0.15) is 23.6 Å². The Hall–Kier alpha value is -1.35. The van der Waals surface area contributed by atoms with E-state index in [0.717, 1.165) is 0 Å². The molecule has 2 N–H and O–H groups in total. The van der Waals surface area contributed by atoms with E-state index in [-0.39, 0.29) is 0 Å². The van der Waals surface area contributed by atoms with Crippen molar-refractivity contribution >= 4 is 10.1 Å². The summed E-state index contributed by atoms with van der Waals surface area (Å²) in [5.74, 6) is 2.61. The van der Waals surface area contributed by atoms with Crippen molar-refractivity contribution in [1.29, 1.82) is 0 Å². The van der Waals surface area contributed by atoms with Crippen LogP contribution in [0.5, 0.6) is 0 Å². The van der Waals surface area contributed by atoms with Gasteiger partial charge in [0.25, 0.3) is 10.1 Å². The van der Waals surface area contributed by atoms with Gasteiger partial charge in [0.15, 0.2) is 0 Å². The minimum absolute atomic E-state index is 0.479. The summed E-state index contributed by atoms with van der Waals surface area (Å²) in [7, 11) is -3.67. The highest BCUT2D eigenvalue weighted by Crippen LogP contribution is 2.30. The highest BCUT2D eigenvalue weighted by molar-refractivity contribution is 7.85. The van der Waals surface area contributed by atoms with Crippen LogP contribution in [0.15, 0.2) is 24.3 Å². The number of hydrogen-bond donors (Lipinski definition) is 2. The number of terminal acetylenes is 1. The molecule has 1 aromatic rings. The molecule has 18 heavy (non-hydrogen) atoms. The second-order valence-electron chi connectivity index (χ2n) is 4.11. The molecular formula is C13H17NO3S. The van der Waals surface area contributed by atoms with Crippen molar-refractivity contribution in [2.45, 2.75) is 18.9 Å². The second kappa shape index (κ2) is 6.55. The smallest absolute Gasteiger partial charge is 0.261 e. The number of benzene rings is 1. The molecule has 0 heterocycles. The molecule has 0 fully saturated rings. The van der Waals surface area contributed by atoms with Crippen molar-refractivity contribution in [3.63, 3.8) is 0 Å². The molecule has 1 aliphatic rings. The van der Waals surface area contributed by atoms with E-state index in [1.54, 1.807) is 0 Å². The fraction of sp³-hybridized carbons (Fsp3) is 0.385. The Balaban J connectivity index is 0.000000280. The summed E-state index contributed by atoms with van der Waals surface area (Å²) in [5.41, 5.74) is 2.90. The van der Waals surface area contributed by atoms with E-state index in [4.69, 9.17) is 11.0 Å². The van der Waals surface area contributed by atoms with Crippen LogP contribution in [-0.2, 0) is 16.5 Å². The van der Waals surface area contributed by atoms with Gasteiger partial charge in [-0.25, -0.2) is 0 Å². The second-order valence-corrected chi connectivity index (χ2v) is 5.57. The van der Waals surface area contributed by atoms with E-state index in [1.807, 2.05) is 0 Å². The van der Waals surface area contributed by atoms with Crippen molar-refractivity contribution < 1.29 is 13.0 Å². The standard InChI is InChI=1S/C12H13N.CH4O3S/c1-2-9-13-12-8-7-10-5-3-4-6-11(10)12;1-5(2,3)4/h1,3-6,12-13H,7-9H2;1H3,(H,2,3,4)/t12-;/m1./s1/i1+1,2+1,9+1;. The molecule has 0 aliphatic heterocycles. The minimum atomic E-state index is -3.67. The van der Waals surface area contributed by atoms with E-state index in [9.17, 15) is 8.42 Å². The van der Waals surface area contributed by atoms with Gasteiger partial charge in [-0.1, -0.05) is 30.2 Å². The Morgan fingerprint density at radius 3 is 2.72 bits per heavy atom. The van der Waals surface area contributed by atoms with Gasteiger partial charge in [-0.2, -0.15) is 8.42 Å². The molecule has 1 aromatic carbocycles. The van der Waals surface area contributed by atoms with Gasteiger partial charge in [-0.05, 0) is 24.0 Å². The summed E-state index contributed by atoms with van der Waals surface area (Å²) in [6.07, 6.45) is 8.29. The number of fused-ring (bicyclic) bond motifs is 1. The first-order valence-electron chi connectivity index (χ1n) is 5.59. The number of rotatable bonds is 2. The van der Waals surface area contributed by atoms with Crippen molar-refractivity contribution in [2.75, 3.05) is 12.8 Å².